The van der Waals surface area contributed by atoms with Crippen LogP contribution in [0.1, 0.15) is 57.0 Å². The van der Waals surface area contributed by atoms with E-state index >= 15 is 0 Å². The number of ether oxygens (including phenoxy) is 2. The number of hydrogen-bond donors (Lipinski definition) is 13. The van der Waals surface area contributed by atoms with Crippen molar-refractivity contribution in [3.63, 3.8) is 0 Å². The average Bonchev–Trinajstić information content (AvgIpc) is 0.865. The van der Waals surface area contributed by atoms with Crippen molar-refractivity contribution in [3.8, 4) is 17.2 Å². The van der Waals surface area contributed by atoms with Crippen molar-refractivity contribution < 1.29 is 54.2 Å². The van der Waals surface area contributed by atoms with Crippen molar-refractivity contribution in [1.82, 2.24) is 74.8 Å². The third-order valence-electron chi connectivity index (χ3n) is 13.6. The third-order valence-corrected chi connectivity index (χ3v) is 13.9. The monoisotopic (exact) mass is 1430 g/mol. The molecule has 100 heavy (non-hydrogen) atoms. The molecule has 7 rings (SSSR count). The lowest BCUT2D eigenvalue weighted by Crippen LogP contribution is -2.79. The van der Waals surface area contributed by atoms with Gasteiger partial charge in [0.05, 0.1) is 51.7 Å². The number of nitrogens with one attached hydrogen (secondary N) is 8. The van der Waals surface area contributed by atoms with Crippen molar-refractivity contribution in [2.75, 3.05) is 137 Å². The van der Waals surface area contributed by atoms with Crippen molar-refractivity contribution >= 4 is 101 Å². The number of nitrogen functional groups attached to an aromatic ring is 1. The highest BCUT2D eigenvalue weighted by Gasteiger charge is 2.37. The number of H-pyrrole nitrogens is 2. The molecule has 2 atom stereocenters. The van der Waals surface area contributed by atoms with Crippen molar-refractivity contribution in [1.29, 1.82) is 0 Å². The number of benzene rings is 1. The smallest absolute Gasteiger partial charge is 0.350 e. The normalized spacial score (nSPS) is 13.1. The molecule has 3 aliphatic heterocycles. The van der Waals surface area contributed by atoms with Crippen molar-refractivity contribution in [3.05, 3.63) is 84.4 Å². The van der Waals surface area contributed by atoms with Crippen LogP contribution in [0.15, 0.2) is 72.2 Å². The number of amidine groups is 1. The molecule has 6 heterocycles. The molecule has 0 bridgehead atoms. The molecule has 2 unspecified atom stereocenters. The van der Waals surface area contributed by atoms with Gasteiger partial charge in [-0.05, 0) is 80.2 Å². The summed E-state index contributed by atoms with van der Waals surface area (Å²) in [5.74, 6) is 0.387. The number of amides is 4. The van der Waals surface area contributed by atoms with Gasteiger partial charge in [-0.1, -0.05) is 28.3 Å². The van der Waals surface area contributed by atoms with Crippen LogP contribution >= 0.6 is 12.2 Å². The highest BCUT2D eigenvalue weighted by atomic mass is 32.1. The number of nitrogens with zero attached hydrogens (tertiary/aromatic N) is 12. The summed E-state index contributed by atoms with van der Waals surface area (Å²) >= 11 is 4.98. The minimum Gasteiger partial charge on any atom is -0.488 e. The number of aliphatic imine (C=N–C) groups is 3. The maximum absolute atomic E-state index is 12.7. The van der Waals surface area contributed by atoms with Gasteiger partial charge >= 0.3 is 11.6 Å². The number of likely N-dealkylation sites (N-methyl/N-ethyl adjacent to an activating group) is 4. The minimum atomic E-state index is -0.639. The average molecular weight is 1430 g/mol. The Morgan fingerprint density at radius 3 is 1.70 bits per heavy atom. The Bertz CT molecular complexity index is 3800. The van der Waals surface area contributed by atoms with Crippen LogP contribution < -0.4 is 86.5 Å². The minimum absolute atomic E-state index is 0. The maximum Gasteiger partial charge on any atom is 0.350 e. The summed E-state index contributed by atoms with van der Waals surface area (Å²) in [6.45, 7) is 10.2. The molecule has 0 spiro atoms. The fourth-order valence-corrected chi connectivity index (χ4v) is 9.15. The Kier molecular flexibility index (Phi) is 38.7. The lowest BCUT2D eigenvalue weighted by molar-refractivity contribution is -0.461. The number of Topliss-reactive ketones (excluding diaryl/α,β-unsaturated/α-hetero) is 4. The van der Waals surface area contributed by atoms with Crippen LogP contribution in [0.5, 0.6) is 17.2 Å². The summed E-state index contributed by atoms with van der Waals surface area (Å²) in [6.07, 6.45) is 5.11. The van der Waals surface area contributed by atoms with Crippen LogP contribution in [0.4, 0.5) is 17.5 Å². The fraction of sp³-hybridized carbons (Fsp3) is 0.508. The van der Waals surface area contributed by atoms with E-state index in [2.05, 4.69) is 66.5 Å². The topological polar surface area (TPSA) is 531 Å². The first-order chi connectivity index (χ1) is 46.1. The summed E-state index contributed by atoms with van der Waals surface area (Å²) in [7, 11) is 7.06. The highest BCUT2D eigenvalue weighted by molar-refractivity contribution is 7.71. The molecule has 18 N–H and O–H groups in total. The van der Waals surface area contributed by atoms with Gasteiger partial charge in [0.25, 0.3) is 11.1 Å². The number of fused-ring (bicyclic) bond motifs is 3. The fourth-order valence-electron chi connectivity index (χ4n) is 8.92. The van der Waals surface area contributed by atoms with E-state index in [0.717, 1.165) is 4.57 Å². The van der Waals surface area contributed by atoms with Crippen LogP contribution in [0.25, 0.3) is 0 Å². The molecular formula is C61H102N25O13S+. The quantitative estimate of drug-likeness (QED) is 0.00830. The van der Waals surface area contributed by atoms with E-state index in [9.17, 15) is 52.7 Å². The molecule has 0 aliphatic carbocycles. The van der Waals surface area contributed by atoms with Crippen LogP contribution in [0.3, 0.4) is 0 Å². The van der Waals surface area contributed by atoms with Gasteiger partial charge in [0.2, 0.25) is 29.6 Å². The first kappa shape index (κ1) is 87.4. The van der Waals surface area contributed by atoms with Gasteiger partial charge in [-0.25, -0.2) is 14.8 Å². The van der Waals surface area contributed by atoms with E-state index in [1.807, 2.05) is 0 Å². The summed E-state index contributed by atoms with van der Waals surface area (Å²) in [4.78, 5) is 165. The van der Waals surface area contributed by atoms with E-state index in [1.165, 1.54) is 82.9 Å². The predicted molar refractivity (Wildman–Crippen MR) is 385 cm³/mol. The molecule has 39 heteroatoms. The molecule has 0 fully saturated rings. The Hall–Kier alpha value is -10.6. The molecule has 38 nitrogen and oxygen atoms in total. The van der Waals surface area contributed by atoms with E-state index < -0.39 is 23.5 Å². The van der Waals surface area contributed by atoms with Gasteiger partial charge in [-0.3, -0.25) is 83.9 Å². The maximum atomic E-state index is 12.7. The molecule has 3 aliphatic rings. The molecule has 4 amide bonds. The number of aromatic nitrogens is 6. The lowest BCUT2D eigenvalue weighted by Gasteiger charge is -2.29. The van der Waals surface area contributed by atoms with E-state index in [4.69, 9.17) is 50.4 Å². The standard InChI is InChI=1S/C21H28N8O5.C13H22N8O2.C12H19N5O3.C12H18N4O3S.3CH4.H2/c1-13(30)10-28(8-6-24-2)17(31)12-29-11-16-19(27-21(29)32)26-18-14(4-3-5-15(18)34-16)33-9-7-25-20(22)23;1-8(22)5-20(4-3-16-2)9(23)6-21-7-17-10-11(14)18-13(15)19-12(10)21;1-8(18)7-17(4-3-14-2)10(19)5-9-6-15-12(13)16-11(9)20;1-9(17)7-15(6-4-13-2)11(19)8-16-5-3-10(18)14-12(16)20;;;;/h3-5,11,24H,6-10,12H2,1-2H3,(H4,22,23,25)(H,26,27,32);7,10,12,16H,3-6H2,1-2H3,(H4,14,15,18,19);6,14H,3-5,7H2,1-2H3,(H3,13,15,16,20);3,5,13H,4,6-8H2,1-2H3,(H,14,18,20);3*1H4;1H/p+1/i;;;;;;;1+1. The zero-order valence-electron chi connectivity index (χ0n) is 55.5. The molecule has 1 aromatic carbocycles. The lowest BCUT2D eigenvalue weighted by atomic mass is 10.2. The van der Waals surface area contributed by atoms with E-state index in [-0.39, 0.29) is 180 Å². The van der Waals surface area contributed by atoms with Gasteiger partial charge in [-0.2, -0.15) is 9.98 Å². The molecule has 4 aromatic rings. The molecule has 3 aromatic heterocycles. The first-order valence-electron chi connectivity index (χ1n) is 30.3. The number of anilines is 3. The number of carbonyl (C=O) groups excluding carboxylic acids is 8. The Morgan fingerprint density at radius 1 is 0.700 bits per heavy atom. The second-order valence-corrected chi connectivity index (χ2v) is 22.2. The van der Waals surface area contributed by atoms with Gasteiger partial charge in [0.15, 0.2) is 34.2 Å². The SMILES string of the molecule is C.C.C.CNCCN(CC(C)=O)C(=O)CN1C=NC2C(N)=NC(N)=NC21.CNCCN(CC(C)=O)C(=O)Cc1cnc(N)[nH]c1=O.CNCCN(CC(C)=O)C(=O)Cn1cc2c(nc1=O)Nc1c(OCC[NH+]=C(N)N)cccc1O2.CNCCN(CC(C)=O)C(=O)Cn1ccc(=O)[nH]c1=S.[2HH]. The second-order valence-electron chi connectivity index (χ2n) is 21.8. The van der Waals surface area contributed by atoms with Crippen molar-refractivity contribution in [2.45, 2.75) is 81.7 Å². The van der Waals surface area contributed by atoms with Crippen LogP contribution in [-0.2, 0) is 57.9 Å². The summed E-state index contributed by atoms with van der Waals surface area (Å²) < 4.78 is 14.5. The number of para-hydroxylation sites is 1. The van der Waals surface area contributed by atoms with Crippen LogP contribution in [0, 0.1) is 4.77 Å². The Morgan fingerprint density at radius 2 is 1.21 bits per heavy atom. The number of rotatable bonds is 32. The molecule has 0 saturated carbocycles. The Balaban J connectivity index is 0.00000134. The third kappa shape index (κ3) is 29.2. The summed E-state index contributed by atoms with van der Waals surface area (Å²) in [6, 6.07) is 6.10. The molecule has 0 radical (unpaired) electrons. The second kappa shape index (κ2) is 44.3. The summed E-state index contributed by atoms with van der Waals surface area (Å²) in [5, 5.41) is 14.8. The van der Waals surface area contributed by atoms with E-state index in [1.54, 1.807) is 51.3 Å². The Labute approximate surface area is 586 Å². The van der Waals surface area contributed by atoms with E-state index in [0.29, 0.717) is 76.1 Å². The zero-order valence-corrected chi connectivity index (χ0v) is 56.3. The first-order valence-corrected chi connectivity index (χ1v) is 30.7. The van der Waals surface area contributed by atoms with Crippen LogP contribution in [0.2, 0.25) is 0 Å². The largest absolute Gasteiger partial charge is 0.488 e. The van der Waals surface area contributed by atoms with Crippen molar-refractivity contribution in [2.24, 2.45) is 37.9 Å². The van der Waals surface area contributed by atoms with Gasteiger partial charge in [0.1, 0.15) is 72.7 Å². The number of nitrogens with two attached hydrogens (primary N) is 5. The van der Waals surface area contributed by atoms with Gasteiger partial charge < -0.3 is 82.3 Å². The number of guanidine groups is 2. The van der Waals surface area contributed by atoms with Gasteiger partial charge in [-0.15, -0.1) is 0 Å². The number of aromatic amines is 2. The molecule has 554 valence electrons. The summed E-state index contributed by atoms with van der Waals surface area (Å²) in [5.41, 5.74) is 26.8. The predicted octanol–water partition coefficient (Wildman–Crippen LogP) is -4.96. The highest BCUT2D eigenvalue weighted by Crippen LogP contribution is 2.45. The zero-order chi connectivity index (χ0) is 71.9. The number of hydrogen-bond acceptors (Lipinski definition) is 28. The molecular weight excluding hydrogens is 1320 g/mol. The van der Waals surface area contributed by atoms with Gasteiger partial charge in [0, 0.05) is 77.8 Å². The van der Waals surface area contributed by atoms with Crippen LogP contribution in [-0.4, -0.2) is 263 Å². The number of carbonyl (C=O) groups is 8. The number of ketones is 4. The molecule has 0 saturated heterocycles.